The Morgan fingerprint density at radius 3 is 2.67 bits per heavy atom. The third-order valence-corrected chi connectivity index (χ3v) is 3.50. The number of aliphatic hydroxyl groups is 2. The zero-order valence-electron chi connectivity index (χ0n) is 12.2. The van der Waals surface area contributed by atoms with Crippen LogP contribution >= 0.6 is 0 Å². The molecule has 1 saturated heterocycles. The average molecular weight is 294 g/mol. The number of aliphatic hydroxyl groups excluding tert-OH is 2. The van der Waals surface area contributed by atoms with Crippen LogP contribution in [0.5, 0.6) is 5.75 Å². The summed E-state index contributed by atoms with van der Waals surface area (Å²) in [4.78, 5) is 11.0. The Hall–Kier alpha value is -1.43. The lowest BCUT2D eigenvalue weighted by Gasteiger charge is -2.32. The number of carbonyl (C=O) groups is 1. The van der Waals surface area contributed by atoms with Crippen LogP contribution in [0.15, 0.2) is 24.3 Å². The molecule has 0 radical (unpaired) electrons. The summed E-state index contributed by atoms with van der Waals surface area (Å²) in [6, 6.07) is 7.49. The molecule has 5 heteroatoms. The fourth-order valence-electron chi connectivity index (χ4n) is 2.35. The number of rotatable bonds is 6. The number of hydrogen-bond acceptors (Lipinski definition) is 5. The normalized spacial score (nSPS) is 25.6. The largest absolute Gasteiger partial charge is 0.465 e. The first kappa shape index (κ1) is 15.9. The molecular formula is C16H22O5. The van der Waals surface area contributed by atoms with Crippen molar-refractivity contribution in [3.8, 4) is 5.75 Å². The highest BCUT2D eigenvalue weighted by Gasteiger charge is 2.29. The molecule has 0 bridgehead atoms. The molecule has 0 spiro atoms. The van der Waals surface area contributed by atoms with Gasteiger partial charge in [-0.3, -0.25) is 0 Å². The van der Waals surface area contributed by atoms with E-state index in [1.165, 1.54) is 0 Å². The number of ether oxygens (including phenoxy) is 2. The van der Waals surface area contributed by atoms with Crippen molar-refractivity contribution in [1.29, 1.82) is 0 Å². The maximum atomic E-state index is 11.0. The Morgan fingerprint density at radius 1 is 1.33 bits per heavy atom. The van der Waals surface area contributed by atoms with Crippen LogP contribution < -0.4 is 4.74 Å². The lowest BCUT2D eigenvalue weighted by Crippen LogP contribution is -2.40. The Balaban J connectivity index is 1.89. The third kappa shape index (κ3) is 5.12. The van der Waals surface area contributed by atoms with E-state index in [2.05, 4.69) is 0 Å². The predicted molar refractivity (Wildman–Crippen MR) is 77.1 cm³/mol. The predicted octanol–water partition coefficient (Wildman–Crippen LogP) is 1.45. The van der Waals surface area contributed by atoms with E-state index < -0.39 is 12.4 Å². The van der Waals surface area contributed by atoms with Crippen LogP contribution in [0.4, 0.5) is 0 Å². The van der Waals surface area contributed by atoms with Gasteiger partial charge >= 0.3 is 0 Å². The summed E-state index contributed by atoms with van der Waals surface area (Å²) in [5.41, 5.74) is 1.08. The average Bonchev–Trinajstić information content (AvgIpc) is 2.46. The summed E-state index contributed by atoms with van der Waals surface area (Å²) in [6.07, 6.45) is 0.637. The number of aryl methyl sites for hydroxylation is 1. The molecule has 21 heavy (non-hydrogen) atoms. The molecule has 1 aromatic carbocycles. The van der Waals surface area contributed by atoms with Gasteiger partial charge in [-0.2, -0.15) is 0 Å². The molecule has 0 aromatic heterocycles. The highest BCUT2D eigenvalue weighted by atomic mass is 16.7. The minimum absolute atomic E-state index is 0.124. The van der Waals surface area contributed by atoms with Gasteiger partial charge in [0.05, 0.1) is 18.8 Å². The highest BCUT2D eigenvalue weighted by molar-refractivity contribution is 5.75. The van der Waals surface area contributed by atoms with Crippen molar-refractivity contribution >= 4 is 5.78 Å². The van der Waals surface area contributed by atoms with Crippen LogP contribution in [-0.4, -0.2) is 41.1 Å². The van der Waals surface area contributed by atoms with E-state index in [1.54, 1.807) is 6.92 Å². The van der Waals surface area contributed by atoms with Gasteiger partial charge in [0.1, 0.15) is 11.5 Å². The van der Waals surface area contributed by atoms with Crippen LogP contribution in [0.2, 0.25) is 0 Å². The van der Waals surface area contributed by atoms with Crippen LogP contribution in [0.25, 0.3) is 0 Å². The Morgan fingerprint density at radius 2 is 2.05 bits per heavy atom. The molecule has 0 amide bonds. The van der Waals surface area contributed by atoms with Crippen molar-refractivity contribution in [2.45, 2.75) is 51.1 Å². The smallest absolute Gasteiger partial charge is 0.202 e. The van der Waals surface area contributed by atoms with Crippen LogP contribution in [-0.2, 0) is 16.0 Å². The van der Waals surface area contributed by atoms with Gasteiger partial charge in [0.15, 0.2) is 0 Å². The van der Waals surface area contributed by atoms with E-state index in [-0.39, 0.29) is 18.5 Å². The second kappa shape index (κ2) is 7.54. The number of benzene rings is 1. The minimum Gasteiger partial charge on any atom is -0.465 e. The van der Waals surface area contributed by atoms with Crippen molar-refractivity contribution in [2.24, 2.45) is 0 Å². The quantitative estimate of drug-likeness (QED) is 0.830. The van der Waals surface area contributed by atoms with E-state index in [9.17, 15) is 9.90 Å². The van der Waals surface area contributed by atoms with Gasteiger partial charge in [-0.15, -0.1) is 0 Å². The molecular weight excluding hydrogens is 272 g/mol. The van der Waals surface area contributed by atoms with Crippen LogP contribution in [0.3, 0.4) is 0 Å². The van der Waals surface area contributed by atoms with Gasteiger partial charge in [0.25, 0.3) is 0 Å². The summed E-state index contributed by atoms with van der Waals surface area (Å²) in [6.45, 7) is 1.46. The van der Waals surface area contributed by atoms with Crippen molar-refractivity contribution in [1.82, 2.24) is 0 Å². The molecule has 5 nitrogen and oxygen atoms in total. The monoisotopic (exact) mass is 294 g/mol. The maximum Gasteiger partial charge on any atom is 0.202 e. The van der Waals surface area contributed by atoms with Crippen molar-refractivity contribution in [3.63, 3.8) is 0 Å². The zero-order valence-corrected chi connectivity index (χ0v) is 12.2. The SMILES string of the molecule is CC(=O)CCc1ccc(O[C@@H]2C[C@H](O)C[C@H](CO)O2)cc1. The number of ketones is 1. The molecule has 1 aliphatic heterocycles. The molecule has 1 aromatic rings. The molecule has 0 aliphatic carbocycles. The molecule has 1 aliphatic rings. The Labute approximate surface area is 124 Å². The van der Waals surface area contributed by atoms with Gasteiger partial charge in [-0.25, -0.2) is 0 Å². The first-order valence-corrected chi connectivity index (χ1v) is 7.26. The first-order valence-electron chi connectivity index (χ1n) is 7.26. The molecule has 2 N–H and O–H groups in total. The molecule has 3 atom stereocenters. The van der Waals surface area contributed by atoms with E-state index in [0.717, 1.165) is 12.0 Å². The standard InChI is InChI=1S/C16H22O5/c1-11(18)2-3-12-4-6-14(7-5-12)20-16-9-13(19)8-15(10-17)21-16/h4-7,13,15-17,19H,2-3,8-10H2,1H3/t13-,15-,16+/m1/s1. The van der Waals surface area contributed by atoms with E-state index in [1.807, 2.05) is 24.3 Å². The van der Waals surface area contributed by atoms with E-state index in [4.69, 9.17) is 14.6 Å². The summed E-state index contributed by atoms with van der Waals surface area (Å²) in [7, 11) is 0. The summed E-state index contributed by atoms with van der Waals surface area (Å²) >= 11 is 0. The zero-order chi connectivity index (χ0) is 15.2. The Bertz CT molecular complexity index is 456. The molecule has 1 heterocycles. The second-order valence-corrected chi connectivity index (χ2v) is 5.46. The van der Waals surface area contributed by atoms with Gasteiger partial charge in [-0.05, 0) is 31.0 Å². The molecule has 116 valence electrons. The van der Waals surface area contributed by atoms with Crippen molar-refractivity contribution in [3.05, 3.63) is 29.8 Å². The lowest BCUT2D eigenvalue weighted by molar-refractivity contribution is -0.184. The van der Waals surface area contributed by atoms with Crippen LogP contribution in [0.1, 0.15) is 31.7 Å². The molecule has 1 fully saturated rings. The van der Waals surface area contributed by atoms with Gasteiger partial charge < -0.3 is 24.5 Å². The van der Waals surface area contributed by atoms with E-state index in [0.29, 0.717) is 25.0 Å². The fourth-order valence-corrected chi connectivity index (χ4v) is 2.35. The highest BCUT2D eigenvalue weighted by Crippen LogP contribution is 2.23. The molecule has 0 saturated carbocycles. The summed E-state index contributed by atoms with van der Waals surface area (Å²) < 4.78 is 11.2. The number of carbonyl (C=O) groups excluding carboxylic acids is 1. The van der Waals surface area contributed by atoms with E-state index >= 15 is 0 Å². The van der Waals surface area contributed by atoms with Gasteiger partial charge in [0, 0.05) is 19.3 Å². The minimum atomic E-state index is -0.547. The number of hydrogen-bond donors (Lipinski definition) is 2. The topological polar surface area (TPSA) is 76.0 Å². The summed E-state index contributed by atoms with van der Waals surface area (Å²) in [5.74, 6) is 0.826. The van der Waals surface area contributed by atoms with Crippen LogP contribution in [0, 0.1) is 0 Å². The fraction of sp³-hybridized carbons (Fsp3) is 0.562. The first-order chi connectivity index (χ1) is 10.1. The Kier molecular flexibility index (Phi) is 5.73. The number of Topliss-reactive ketones (excluding diaryl/α,β-unsaturated/α-hetero) is 1. The second-order valence-electron chi connectivity index (χ2n) is 5.46. The maximum absolute atomic E-state index is 11.0. The van der Waals surface area contributed by atoms with Gasteiger partial charge in [-0.1, -0.05) is 12.1 Å². The van der Waals surface area contributed by atoms with Crippen molar-refractivity contribution in [2.75, 3.05) is 6.61 Å². The third-order valence-electron chi connectivity index (χ3n) is 3.50. The molecule has 0 unspecified atom stereocenters. The lowest BCUT2D eigenvalue weighted by atomic mass is 10.1. The summed E-state index contributed by atoms with van der Waals surface area (Å²) in [5, 5.41) is 18.8. The van der Waals surface area contributed by atoms with Crippen molar-refractivity contribution < 1.29 is 24.5 Å². The van der Waals surface area contributed by atoms with Gasteiger partial charge in [0.2, 0.25) is 6.29 Å². The molecule has 2 rings (SSSR count).